The van der Waals surface area contributed by atoms with Crippen molar-refractivity contribution in [2.75, 3.05) is 13.1 Å². The fourth-order valence-electron chi connectivity index (χ4n) is 3.72. The Labute approximate surface area is 201 Å². The van der Waals surface area contributed by atoms with Gasteiger partial charge in [0, 0.05) is 24.2 Å². The predicted octanol–water partition coefficient (Wildman–Crippen LogP) is 4.81. The molecule has 2 aromatic heterocycles. The molecule has 34 heavy (non-hydrogen) atoms. The Morgan fingerprint density at radius 2 is 1.56 bits per heavy atom. The van der Waals surface area contributed by atoms with E-state index in [2.05, 4.69) is 20.4 Å². The lowest BCUT2D eigenvalue weighted by molar-refractivity contribution is 0.346. The normalized spacial score (nSPS) is 15.9. The van der Waals surface area contributed by atoms with E-state index in [1.54, 1.807) is 28.6 Å². The van der Waals surface area contributed by atoms with Crippen molar-refractivity contribution in [3.63, 3.8) is 0 Å². The third kappa shape index (κ3) is 4.77. The van der Waals surface area contributed by atoms with E-state index >= 15 is 0 Å². The van der Waals surface area contributed by atoms with Gasteiger partial charge in [-0.05, 0) is 50.1 Å². The molecule has 0 aliphatic carbocycles. The molecule has 0 unspecified atom stereocenters. The van der Waals surface area contributed by atoms with Crippen LogP contribution in [0.25, 0.3) is 22.9 Å². The van der Waals surface area contributed by atoms with Gasteiger partial charge >= 0.3 is 0 Å². The average Bonchev–Trinajstić information content (AvgIpc) is 3.56. The number of rotatable bonds is 7. The van der Waals surface area contributed by atoms with Crippen molar-refractivity contribution >= 4 is 21.8 Å². The molecule has 2 aromatic carbocycles. The molecule has 176 valence electrons. The Morgan fingerprint density at radius 3 is 2.35 bits per heavy atom. The molecule has 1 atom stereocenters. The second-order valence-electron chi connectivity index (χ2n) is 7.94. The molecule has 0 bridgehead atoms. The van der Waals surface area contributed by atoms with Crippen LogP contribution < -0.4 is 0 Å². The quantitative estimate of drug-likeness (QED) is 0.332. The minimum absolute atomic E-state index is 0.218. The molecule has 1 saturated heterocycles. The predicted molar refractivity (Wildman–Crippen MR) is 126 cm³/mol. The van der Waals surface area contributed by atoms with Gasteiger partial charge in [0.1, 0.15) is 0 Å². The van der Waals surface area contributed by atoms with Gasteiger partial charge in [-0.3, -0.25) is 0 Å². The Morgan fingerprint density at radius 1 is 0.853 bits per heavy atom. The Hall–Kier alpha value is -3.02. The van der Waals surface area contributed by atoms with Crippen LogP contribution in [0.4, 0.5) is 0 Å². The van der Waals surface area contributed by atoms with Crippen molar-refractivity contribution in [3.05, 3.63) is 60.5 Å². The zero-order valence-corrected chi connectivity index (χ0v) is 20.1. The van der Waals surface area contributed by atoms with Crippen molar-refractivity contribution < 1.29 is 17.3 Å². The van der Waals surface area contributed by atoms with Gasteiger partial charge in [-0.15, -0.1) is 20.4 Å². The van der Waals surface area contributed by atoms with Gasteiger partial charge in [0.25, 0.3) is 5.22 Å². The molecule has 1 aliphatic heterocycles. The summed E-state index contributed by atoms with van der Waals surface area (Å²) in [4.78, 5) is 0.229. The number of sulfonamides is 1. The van der Waals surface area contributed by atoms with Crippen LogP contribution >= 0.6 is 11.8 Å². The molecule has 1 aliphatic rings. The molecule has 3 heterocycles. The number of hydrogen-bond donors (Lipinski definition) is 0. The first kappa shape index (κ1) is 22.8. The fourth-order valence-corrected chi connectivity index (χ4v) is 5.99. The highest BCUT2D eigenvalue weighted by molar-refractivity contribution is 7.99. The summed E-state index contributed by atoms with van der Waals surface area (Å²) in [6.07, 6.45) is 2.83. The van der Waals surface area contributed by atoms with Crippen molar-refractivity contribution in [3.8, 4) is 22.9 Å². The highest BCUT2D eigenvalue weighted by Crippen LogP contribution is 2.36. The third-order valence-corrected chi connectivity index (χ3v) is 8.34. The van der Waals surface area contributed by atoms with Crippen molar-refractivity contribution in [1.29, 1.82) is 0 Å². The van der Waals surface area contributed by atoms with E-state index in [1.165, 1.54) is 11.8 Å². The SMILES string of the molecule is C[C@@H](Sc1nnc(-c2cccc(S(=O)(=O)N3CCCCC3)c2)o1)c1nnc(-c2ccccc2)o1. The molecule has 1 fully saturated rings. The maximum absolute atomic E-state index is 13.0. The van der Waals surface area contributed by atoms with Gasteiger partial charge in [0.2, 0.25) is 27.7 Å². The molecular weight excluding hydrogens is 474 g/mol. The van der Waals surface area contributed by atoms with E-state index in [4.69, 9.17) is 8.83 Å². The van der Waals surface area contributed by atoms with E-state index in [1.807, 2.05) is 37.3 Å². The number of nitrogens with zero attached hydrogens (tertiary/aromatic N) is 5. The van der Waals surface area contributed by atoms with E-state index in [-0.39, 0.29) is 16.0 Å². The van der Waals surface area contributed by atoms with Crippen molar-refractivity contribution in [2.45, 2.75) is 41.6 Å². The molecule has 0 amide bonds. The van der Waals surface area contributed by atoms with E-state index in [0.29, 0.717) is 35.7 Å². The van der Waals surface area contributed by atoms with Crippen LogP contribution in [0.15, 0.2) is 73.5 Å². The molecule has 0 N–H and O–H groups in total. The lowest BCUT2D eigenvalue weighted by Gasteiger charge is -2.25. The Bertz CT molecular complexity index is 1360. The first-order valence-electron chi connectivity index (χ1n) is 11.0. The van der Waals surface area contributed by atoms with Gasteiger partial charge in [0.05, 0.1) is 10.1 Å². The third-order valence-electron chi connectivity index (χ3n) is 5.53. The van der Waals surface area contributed by atoms with Gasteiger partial charge in [-0.2, -0.15) is 4.31 Å². The molecule has 4 aromatic rings. The van der Waals surface area contributed by atoms with E-state index < -0.39 is 10.0 Å². The maximum Gasteiger partial charge on any atom is 0.277 e. The maximum atomic E-state index is 13.0. The van der Waals surface area contributed by atoms with Gasteiger partial charge in [-0.25, -0.2) is 8.42 Å². The van der Waals surface area contributed by atoms with Crippen LogP contribution in [0.3, 0.4) is 0 Å². The number of benzene rings is 2. The fraction of sp³-hybridized carbons (Fsp3) is 0.304. The first-order valence-corrected chi connectivity index (χ1v) is 13.3. The van der Waals surface area contributed by atoms with Gasteiger partial charge in [-0.1, -0.05) is 42.4 Å². The number of hydrogen-bond acceptors (Lipinski definition) is 9. The zero-order valence-electron chi connectivity index (χ0n) is 18.5. The van der Waals surface area contributed by atoms with Gasteiger partial charge in [0.15, 0.2) is 0 Å². The molecule has 0 radical (unpaired) electrons. The summed E-state index contributed by atoms with van der Waals surface area (Å²) in [7, 11) is -3.55. The molecular formula is C23H23N5O4S2. The van der Waals surface area contributed by atoms with Crippen molar-refractivity contribution in [1.82, 2.24) is 24.7 Å². The number of aromatic nitrogens is 4. The van der Waals surface area contributed by atoms with Crippen LogP contribution in [0.2, 0.25) is 0 Å². The highest BCUT2D eigenvalue weighted by atomic mass is 32.2. The second-order valence-corrected chi connectivity index (χ2v) is 11.2. The molecule has 0 spiro atoms. The zero-order chi connectivity index (χ0) is 23.5. The number of thioether (sulfide) groups is 1. The molecule has 9 nitrogen and oxygen atoms in total. The lowest BCUT2D eigenvalue weighted by atomic mass is 10.2. The van der Waals surface area contributed by atoms with Crippen LogP contribution in [0, 0.1) is 0 Å². The smallest absolute Gasteiger partial charge is 0.277 e. The summed E-state index contributed by atoms with van der Waals surface area (Å²) >= 11 is 1.29. The van der Waals surface area contributed by atoms with Crippen LogP contribution in [-0.2, 0) is 10.0 Å². The topological polar surface area (TPSA) is 115 Å². The molecule has 5 rings (SSSR count). The molecule has 0 saturated carbocycles. The largest absolute Gasteiger partial charge is 0.419 e. The highest BCUT2D eigenvalue weighted by Gasteiger charge is 2.27. The second kappa shape index (κ2) is 9.69. The lowest BCUT2D eigenvalue weighted by Crippen LogP contribution is -2.35. The minimum Gasteiger partial charge on any atom is -0.419 e. The van der Waals surface area contributed by atoms with Crippen LogP contribution in [0.1, 0.15) is 37.3 Å². The standard InChI is InChI=1S/C23H23N5O4S2/c1-16(20-24-25-21(31-20)17-9-4-2-5-10-17)33-23-27-26-22(32-23)18-11-8-12-19(15-18)34(29,30)28-13-6-3-7-14-28/h2,4-5,8-12,15-16H,3,6-7,13-14H2,1H3/t16-/m1/s1. The first-order chi connectivity index (χ1) is 16.5. The van der Waals surface area contributed by atoms with E-state index in [9.17, 15) is 8.42 Å². The summed E-state index contributed by atoms with van der Waals surface area (Å²) in [5.74, 6) is 1.14. The van der Waals surface area contributed by atoms with E-state index in [0.717, 1.165) is 24.8 Å². The Kier molecular flexibility index (Phi) is 6.48. The monoisotopic (exact) mass is 497 g/mol. The summed E-state index contributed by atoms with van der Waals surface area (Å²) in [6.45, 7) is 3.00. The molecule has 11 heteroatoms. The summed E-state index contributed by atoms with van der Waals surface area (Å²) in [5.41, 5.74) is 1.40. The summed E-state index contributed by atoms with van der Waals surface area (Å²) < 4.78 is 39.2. The minimum atomic E-state index is -3.55. The number of piperidine rings is 1. The van der Waals surface area contributed by atoms with Crippen LogP contribution in [-0.4, -0.2) is 46.2 Å². The Balaban J connectivity index is 1.31. The van der Waals surface area contributed by atoms with Crippen LogP contribution in [0.5, 0.6) is 0 Å². The average molecular weight is 498 g/mol. The summed E-state index contributed by atoms with van der Waals surface area (Å²) in [6, 6.07) is 16.2. The van der Waals surface area contributed by atoms with Crippen molar-refractivity contribution in [2.24, 2.45) is 0 Å². The summed E-state index contributed by atoms with van der Waals surface area (Å²) in [5, 5.41) is 16.6. The van der Waals surface area contributed by atoms with Gasteiger partial charge < -0.3 is 8.83 Å².